The normalized spacial score (nSPS) is 15.9. The first kappa shape index (κ1) is 12.1. The molecule has 1 aliphatic carbocycles. The molecular formula is C16H20O. The summed E-state index contributed by atoms with van der Waals surface area (Å²) < 4.78 is 5.96. The van der Waals surface area contributed by atoms with Crippen LogP contribution in [0.3, 0.4) is 0 Å². The van der Waals surface area contributed by atoms with Crippen LogP contribution in [0, 0.1) is 0 Å². The molecule has 0 radical (unpaired) electrons. The van der Waals surface area contributed by atoms with Gasteiger partial charge >= 0.3 is 0 Å². The van der Waals surface area contributed by atoms with Gasteiger partial charge in [-0.25, -0.2) is 0 Å². The summed E-state index contributed by atoms with van der Waals surface area (Å²) in [6.45, 7) is 2.99. The van der Waals surface area contributed by atoms with E-state index in [4.69, 9.17) is 4.74 Å². The van der Waals surface area contributed by atoms with Gasteiger partial charge in [-0.3, -0.25) is 0 Å². The number of benzene rings is 1. The topological polar surface area (TPSA) is 9.23 Å². The molecule has 90 valence electrons. The summed E-state index contributed by atoms with van der Waals surface area (Å²) in [4.78, 5) is 0. The molecule has 0 fully saturated rings. The lowest BCUT2D eigenvalue weighted by molar-refractivity contribution is 0.0806. The second-order valence-electron chi connectivity index (χ2n) is 4.39. The van der Waals surface area contributed by atoms with Crippen LogP contribution in [0.4, 0.5) is 0 Å². The third-order valence-corrected chi connectivity index (χ3v) is 2.96. The molecule has 0 saturated heterocycles. The molecule has 17 heavy (non-hydrogen) atoms. The summed E-state index contributed by atoms with van der Waals surface area (Å²) in [7, 11) is 0. The van der Waals surface area contributed by atoms with Crippen LogP contribution in [-0.2, 0) is 11.2 Å². The minimum Gasteiger partial charge on any atom is -0.373 e. The van der Waals surface area contributed by atoms with Crippen molar-refractivity contribution in [1.82, 2.24) is 0 Å². The lowest BCUT2D eigenvalue weighted by atomic mass is 10.0. The van der Waals surface area contributed by atoms with Crippen molar-refractivity contribution in [1.29, 1.82) is 0 Å². The number of allylic oxidation sites excluding steroid dienone is 2. The standard InChI is InChI=1S/C16H20O/c1-2-12-17-16(15-10-6-7-11-15)13-14-8-4-3-5-9-14/h3-6,8-11,16H,2,7,12-13H2,1H3. The second kappa shape index (κ2) is 6.41. The summed E-state index contributed by atoms with van der Waals surface area (Å²) in [6.07, 6.45) is 9.97. The average molecular weight is 228 g/mol. The molecule has 1 aromatic carbocycles. The van der Waals surface area contributed by atoms with Crippen LogP contribution in [0.5, 0.6) is 0 Å². The molecule has 0 heterocycles. The van der Waals surface area contributed by atoms with Crippen molar-refractivity contribution in [3.63, 3.8) is 0 Å². The minimum atomic E-state index is 0.219. The summed E-state index contributed by atoms with van der Waals surface area (Å²) in [5, 5.41) is 0. The van der Waals surface area contributed by atoms with Crippen LogP contribution in [0.15, 0.2) is 54.1 Å². The fraction of sp³-hybridized carbons (Fsp3) is 0.375. The number of ether oxygens (including phenoxy) is 1. The van der Waals surface area contributed by atoms with Gasteiger partial charge in [0, 0.05) is 13.0 Å². The average Bonchev–Trinajstić information content (AvgIpc) is 2.89. The van der Waals surface area contributed by atoms with E-state index in [9.17, 15) is 0 Å². The first-order valence-corrected chi connectivity index (χ1v) is 6.42. The van der Waals surface area contributed by atoms with Crippen molar-refractivity contribution in [2.24, 2.45) is 0 Å². The van der Waals surface area contributed by atoms with E-state index in [0.717, 1.165) is 25.9 Å². The van der Waals surface area contributed by atoms with Crippen LogP contribution >= 0.6 is 0 Å². The number of hydrogen-bond donors (Lipinski definition) is 0. The Labute approximate surface area is 104 Å². The minimum absolute atomic E-state index is 0.219. The first-order chi connectivity index (χ1) is 8.40. The Morgan fingerprint density at radius 1 is 1.24 bits per heavy atom. The molecule has 1 atom stereocenters. The van der Waals surface area contributed by atoms with Gasteiger partial charge in [-0.05, 0) is 24.0 Å². The highest BCUT2D eigenvalue weighted by Crippen LogP contribution is 2.20. The molecule has 0 bridgehead atoms. The lowest BCUT2D eigenvalue weighted by Crippen LogP contribution is -2.18. The Morgan fingerprint density at radius 3 is 2.71 bits per heavy atom. The zero-order valence-electron chi connectivity index (χ0n) is 10.4. The Bertz CT molecular complexity index is 389. The fourth-order valence-electron chi connectivity index (χ4n) is 2.08. The smallest absolute Gasteiger partial charge is 0.0862 e. The van der Waals surface area contributed by atoms with E-state index in [1.165, 1.54) is 11.1 Å². The molecule has 1 aliphatic rings. The van der Waals surface area contributed by atoms with Gasteiger partial charge in [0.2, 0.25) is 0 Å². The molecule has 1 aromatic rings. The molecule has 0 spiro atoms. The lowest BCUT2D eigenvalue weighted by Gasteiger charge is -2.18. The maximum absolute atomic E-state index is 5.96. The highest BCUT2D eigenvalue weighted by atomic mass is 16.5. The van der Waals surface area contributed by atoms with E-state index in [2.05, 4.69) is 55.5 Å². The van der Waals surface area contributed by atoms with Crippen LogP contribution in [0.2, 0.25) is 0 Å². The molecule has 1 heteroatoms. The van der Waals surface area contributed by atoms with Crippen molar-refractivity contribution in [2.75, 3.05) is 6.61 Å². The van der Waals surface area contributed by atoms with Crippen molar-refractivity contribution < 1.29 is 4.74 Å². The van der Waals surface area contributed by atoms with E-state index in [-0.39, 0.29) is 6.10 Å². The van der Waals surface area contributed by atoms with E-state index < -0.39 is 0 Å². The molecule has 0 N–H and O–H groups in total. The molecular weight excluding hydrogens is 208 g/mol. The van der Waals surface area contributed by atoms with Gasteiger partial charge in [0.1, 0.15) is 0 Å². The highest BCUT2D eigenvalue weighted by molar-refractivity contribution is 5.31. The number of rotatable bonds is 6. The zero-order valence-corrected chi connectivity index (χ0v) is 10.4. The SMILES string of the molecule is CCCOC(Cc1ccccc1)C1=CCC=C1. The third kappa shape index (κ3) is 3.57. The van der Waals surface area contributed by atoms with Crippen LogP contribution < -0.4 is 0 Å². The second-order valence-corrected chi connectivity index (χ2v) is 4.39. The van der Waals surface area contributed by atoms with E-state index in [0.29, 0.717) is 0 Å². The first-order valence-electron chi connectivity index (χ1n) is 6.42. The summed E-state index contributed by atoms with van der Waals surface area (Å²) in [5.41, 5.74) is 2.68. The third-order valence-electron chi connectivity index (χ3n) is 2.96. The zero-order chi connectivity index (χ0) is 11.9. The maximum Gasteiger partial charge on any atom is 0.0862 e. The van der Waals surface area contributed by atoms with Gasteiger partial charge < -0.3 is 4.74 Å². The van der Waals surface area contributed by atoms with Crippen LogP contribution in [-0.4, -0.2) is 12.7 Å². The molecule has 1 nitrogen and oxygen atoms in total. The van der Waals surface area contributed by atoms with Gasteiger partial charge in [-0.1, -0.05) is 55.5 Å². The monoisotopic (exact) mass is 228 g/mol. The van der Waals surface area contributed by atoms with Crippen molar-refractivity contribution in [2.45, 2.75) is 32.3 Å². The molecule has 0 aromatic heterocycles. The summed E-state index contributed by atoms with van der Waals surface area (Å²) >= 11 is 0. The Balaban J connectivity index is 2.02. The molecule has 1 unspecified atom stereocenters. The van der Waals surface area contributed by atoms with Gasteiger partial charge in [0.15, 0.2) is 0 Å². The predicted molar refractivity (Wildman–Crippen MR) is 72.0 cm³/mol. The molecule has 0 aliphatic heterocycles. The quantitative estimate of drug-likeness (QED) is 0.717. The number of hydrogen-bond acceptors (Lipinski definition) is 1. The van der Waals surface area contributed by atoms with Crippen molar-refractivity contribution in [3.8, 4) is 0 Å². The Morgan fingerprint density at radius 2 is 2.06 bits per heavy atom. The van der Waals surface area contributed by atoms with Crippen molar-refractivity contribution in [3.05, 3.63) is 59.7 Å². The van der Waals surface area contributed by atoms with E-state index in [1.807, 2.05) is 0 Å². The van der Waals surface area contributed by atoms with Gasteiger partial charge in [0.05, 0.1) is 6.10 Å². The highest BCUT2D eigenvalue weighted by Gasteiger charge is 2.14. The van der Waals surface area contributed by atoms with Gasteiger partial charge in [0.25, 0.3) is 0 Å². The largest absolute Gasteiger partial charge is 0.373 e. The van der Waals surface area contributed by atoms with Crippen LogP contribution in [0.25, 0.3) is 0 Å². The van der Waals surface area contributed by atoms with E-state index in [1.54, 1.807) is 0 Å². The molecule has 0 saturated carbocycles. The predicted octanol–water partition coefficient (Wildman–Crippen LogP) is 3.91. The van der Waals surface area contributed by atoms with Gasteiger partial charge in [-0.15, -0.1) is 0 Å². The Hall–Kier alpha value is -1.34. The Kier molecular flexibility index (Phi) is 4.57. The summed E-state index contributed by atoms with van der Waals surface area (Å²) in [5.74, 6) is 0. The van der Waals surface area contributed by atoms with Crippen LogP contribution in [0.1, 0.15) is 25.3 Å². The molecule has 0 amide bonds. The van der Waals surface area contributed by atoms with E-state index >= 15 is 0 Å². The molecule has 2 rings (SSSR count). The fourth-order valence-corrected chi connectivity index (χ4v) is 2.08. The summed E-state index contributed by atoms with van der Waals surface area (Å²) in [6, 6.07) is 10.6. The van der Waals surface area contributed by atoms with Crippen molar-refractivity contribution >= 4 is 0 Å². The maximum atomic E-state index is 5.96. The van der Waals surface area contributed by atoms with Gasteiger partial charge in [-0.2, -0.15) is 0 Å².